The van der Waals surface area contributed by atoms with Gasteiger partial charge in [-0.05, 0) is 0 Å². The molecule has 0 saturated carbocycles. The summed E-state index contributed by atoms with van der Waals surface area (Å²) in [5, 5.41) is 0. The predicted octanol–water partition coefficient (Wildman–Crippen LogP) is -5.65. The average Bonchev–Trinajstić information content (AvgIpc) is 1.12. The van der Waals surface area contributed by atoms with Gasteiger partial charge in [0.05, 0.1) is 0 Å². The van der Waals surface area contributed by atoms with E-state index in [1.54, 1.807) is 0 Å². The van der Waals surface area contributed by atoms with Crippen LogP contribution in [0.3, 0.4) is 0 Å². The van der Waals surface area contributed by atoms with Crippen molar-refractivity contribution in [3.05, 3.63) is 0 Å². The van der Waals surface area contributed by atoms with Crippen LogP contribution in [0.5, 0.6) is 0 Å². The summed E-state index contributed by atoms with van der Waals surface area (Å²) in [6.07, 6.45) is 0. The van der Waals surface area contributed by atoms with Crippen molar-refractivity contribution in [1.82, 2.24) is 0 Å². The van der Waals surface area contributed by atoms with Gasteiger partial charge in [-0.25, -0.2) is 0 Å². The van der Waals surface area contributed by atoms with E-state index >= 15 is 0 Å². The maximum atomic E-state index is 8.55. The van der Waals surface area contributed by atoms with Crippen LogP contribution >= 0.6 is 15.6 Å². The van der Waals surface area contributed by atoms with Crippen molar-refractivity contribution in [3.8, 4) is 0 Å². The van der Waals surface area contributed by atoms with E-state index in [0.29, 0.717) is 0 Å². The number of hydrogen-bond acceptors (Lipinski definition) is 8. The van der Waals surface area contributed by atoms with Crippen LogP contribution in [0.4, 0.5) is 0 Å². The topological polar surface area (TPSA) is 172 Å². The van der Waals surface area contributed by atoms with E-state index in [4.69, 9.17) is 38.5 Å². The summed E-state index contributed by atoms with van der Waals surface area (Å²) in [4.78, 5) is 51.3. The molecule has 8 nitrogen and oxygen atoms in total. The second-order valence-corrected chi connectivity index (χ2v) is 2.68. The molecule has 0 amide bonds. The summed E-state index contributed by atoms with van der Waals surface area (Å²) >= 11 is 0. The number of phosphoric acid groups is 2. The van der Waals surface area contributed by atoms with Crippen LogP contribution in [0.25, 0.3) is 0 Å². The fourth-order valence-corrected chi connectivity index (χ4v) is 0. The first-order chi connectivity index (χ1) is 4.00. The molecule has 0 aromatic carbocycles. The standard InChI is InChI=1S/Ni.2H3O4P.Re/c;2*1-5(2,3)4;/h;2*(H3,1,2,3,4);/q+2;;;+4/p-6. The molecular weight excluding hydrogens is 435 g/mol. The van der Waals surface area contributed by atoms with Crippen molar-refractivity contribution in [2.24, 2.45) is 0 Å². The van der Waals surface area contributed by atoms with Gasteiger partial charge in [0.25, 0.3) is 0 Å². The minimum atomic E-state index is -5.39. The molecule has 0 aliphatic rings. The van der Waals surface area contributed by atoms with E-state index < -0.39 is 15.6 Å². The van der Waals surface area contributed by atoms with Crippen LogP contribution in [0.15, 0.2) is 0 Å². The maximum absolute atomic E-state index is 8.55. The Hall–Kier alpha value is 1.38. The van der Waals surface area contributed by atoms with Gasteiger partial charge in [0.15, 0.2) is 0 Å². The molecule has 12 heavy (non-hydrogen) atoms. The number of rotatable bonds is 0. The van der Waals surface area contributed by atoms with E-state index in [1.165, 1.54) is 0 Å². The van der Waals surface area contributed by atoms with Gasteiger partial charge in [-0.1, -0.05) is 0 Å². The van der Waals surface area contributed by atoms with Crippen LogP contribution in [0, 0.1) is 0 Å². The smallest absolute Gasteiger partial charge is 0.822 e. The maximum Gasteiger partial charge on any atom is 4.00 e. The Morgan fingerprint density at radius 2 is 0.667 bits per heavy atom. The zero-order valence-corrected chi connectivity index (χ0v) is 10.3. The first-order valence-corrected chi connectivity index (χ1v) is 4.38. The Bertz CT molecular complexity index is 129. The Balaban J connectivity index is -0.0000000457. The minimum absolute atomic E-state index is 0. The zero-order chi connectivity index (χ0) is 9.00. The van der Waals surface area contributed by atoms with Crippen molar-refractivity contribution in [2.75, 3.05) is 0 Å². The van der Waals surface area contributed by atoms with Crippen molar-refractivity contribution >= 4 is 15.6 Å². The molecule has 0 aromatic rings. The fraction of sp³-hybridized carbons (Fsp3) is 0. The Labute approximate surface area is 91.1 Å². The Kier molecular flexibility index (Phi) is 17.4. The SMILES string of the molecule is O=P([O-])([O-])[O-].O=P([O-])([O-])[O-].[Ni+2].[Re+4]. The van der Waals surface area contributed by atoms with Crippen molar-refractivity contribution < 1.29 is 75.4 Å². The van der Waals surface area contributed by atoms with Crippen LogP contribution in [-0.4, -0.2) is 0 Å². The predicted molar refractivity (Wildman–Crippen MR) is 15.2 cm³/mol. The first kappa shape index (κ1) is 23.3. The number of hydrogen-bond donors (Lipinski definition) is 0. The quantitative estimate of drug-likeness (QED) is 0.268. The van der Waals surface area contributed by atoms with Crippen LogP contribution in [-0.2, 0) is 46.0 Å². The average molecular weight is 435 g/mol. The van der Waals surface area contributed by atoms with Crippen LogP contribution in [0.1, 0.15) is 0 Å². The van der Waals surface area contributed by atoms with Crippen molar-refractivity contribution in [3.63, 3.8) is 0 Å². The third-order valence-corrected chi connectivity index (χ3v) is 0. The van der Waals surface area contributed by atoms with Gasteiger partial charge in [0, 0.05) is 0 Å². The summed E-state index contributed by atoms with van der Waals surface area (Å²) in [6, 6.07) is 0. The molecule has 0 bridgehead atoms. The summed E-state index contributed by atoms with van der Waals surface area (Å²) in [5.74, 6) is 0. The molecule has 75 valence electrons. The monoisotopic (exact) mass is 435 g/mol. The van der Waals surface area contributed by atoms with Crippen LogP contribution < -0.4 is 29.4 Å². The molecule has 0 atom stereocenters. The van der Waals surface area contributed by atoms with E-state index in [2.05, 4.69) is 0 Å². The van der Waals surface area contributed by atoms with E-state index in [-0.39, 0.29) is 36.9 Å². The van der Waals surface area contributed by atoms with Crippen LogP contribution in [0.2, 0.25) is 0 Å². The normalized spacial score (nSPS) is 9.83. The molecule has 12 heteroatoms. The largest absolute Gasteiger partial charge is 4.00 e. The molecule has 0 aliphatic heterocycles. The molecule has 0 rings (SSSR count). The second-order valence-electron chi connectivity index (χ2n) is 0.894. The zero-order valence-electron chi connectivity index (χ0n) is 4.85. The van der Waals surface area contributed by atoms with Gasteiger partial charge >= 0.3 is 36.9 Å². The Morgan fingerprint density at radius 3 is 0.667 bits per heavy atom. The summed E-state index contributed by atoms with van der Waals surface area (Å²) < 4.78 is 17.1. The minimum Gasteiger partial charge on any atom is -0.822 e. The molecule has 0 fully saturated rings. The molecular formula is NiO8P2Re. The molecule has 0 saturated heterocycles. The second kappa shape index (κ2) is 8.95. The van der Waals surface area contributed by atoms with Gasteiger partial charge in [0.2, 0.25) is 0 Å². The van der Waals surface area contributed by atoms with E-state index in [1.807, 2.05) is 0 Å². The molecule has 0 aliphatic carbocycles. The Morgan fingerprint density at radius 1 is 0.667 bits per heavy atom. The van der Waals surface area contributed by atoms with Crippen molar-refractivity contribution in [1.29, 1.82) is 0 Å². The molecule has 0 aromatic heterocycles. The van der Waals surface area contributed by atoms with Gasteiger partial charge < -0.3 is 38.5 Å². The summed E-state index contributed by atoms with van der Waals surface area (Å²) in [5.41, 5.74) is 0. The van der Waals surface area contributed by atoms with Gasteiger partial charge in [0.1, 0.15) is 0 Å². The van der Waals surface area contributed by atoms with E-state index in [0.717, 1.165) is 0 Å². The van der Waals surface area contributed by atoms with Crippen molar-refractivity contribution in [2.45, 2.75) is 0 Å². The summed E-state index contributed by atoms with van der Waals surface area (Å²) in [7, 11) is -10.8. The first-order valence-electron chi connectivity index (χ1n) is 1.46. The third-order valence-electron chi connectivity index (χ3n) is 0. The summed E-state index contributed by atoms with van der Waals surface area (Å²) in [6.45, 7) is 0. The molecule has 0 unspecified atom stereocenters. The molecule has 0 spiro atoms. The van der Waals surface area contributed by atoms with E-state index in [9.17, 15) is 0 Å². The molecule has 1 radical (unpaired) electrons. The fourth-order valence-electron chi connectivity index (χ4n) is 0. The molecule has 0 heterocycles. The van der Waals surface area contributed by atoms with Gasteiger partial charge in [-0.2, -0.15) is 15.6 Å². The van der Waals surface area contributed by atoms with Gasteiger partial charge in [-0.3, -0.25) is 0 Å². The molecule has 0 N–H and O–H groups in total. The third kappa shape index (κ3) is 647. The van der Waals surface area contributed by atoms with Gasteiger partial charge in [-0.15, -0.1) is 0 Å².